The number of aryl methyl sites for hydroxylation is 1. The molecule has 1 atom stereocenters. The number of nitrogens with zero attached hydrogens (tertiary/aromatic N) is 3. The Morgan fingerprint density at radius 3 is 2.62 bits per heavy atom. The molecule has 168 valence electrons. The Labute approximate surface area is 189 Å². The molecule has 1 aliphatic carbocycles. The number of carbonyl (C=O) groups is 2. The molecule has 1 unspecified atom stereocenters. The summed E-state index contributed by atoms with van der Waals surface area (Å²) in [5, 5.41) is 11.5. The van der Waals surface area contributed by atoms with Crippen LogP contribution < -0.4 is 10.9 Å². The fraction of sp³-hybridized carbons (Fsp3) is 0.435. The van der Waals surface area contributed by atoms with Gasteiger partial charge in [0.25, 0.3) is 5.56 Å². The lowest BCUT2D eigenvalue weighted by molar-refractivity contribution is -0.117. The Morgan fingerprint density at radius 2 is 1.97 bits per heavy atom. The number of nitrogens with one attached hydrogen (secondary N) is 1. The molecule has 3 aromatic rings. The summed E-state index contributed by atoms with van der Waals surface area (Å²) in [4.78, 5) is 39.0. The highest BCUT2D eigenvalue weighted by Gasteiger charge is 2.32. The average Bonchev–Trinajstić information content (AvgIpc) is 3.13. The molecule has 2 aromatic heterocycles. The van der Waals surface area contributed by atoms with Gasteiger partial charge >= 0.3 is 5.97 Å². The maximum atomic E-state index is 13.1. The Hall–Kier alpha value is -3.07. The highest BCUT2D eigenvalue weighted by atomic mass is 32.1. The van der Waals surface area contributed by atoms with E-state index in [4.69, 9.17) is 0 Å². The molecule has 8 nitrogen and oxygen atoms in total. The number of fused-ring (bicyclic) bond motifs is 3. The minimum absolute atomic E-state index is 0.215. The molecule has 0 fully saturated rings. The van der Waals surface area contributed by atoms with E-state index in [1.807, 2.05) is 0 Å². The molecule has 0 saturated heterocycles. The molecule has 4 rings (SSSR count). The number of anilines is 1. The molecular weight excluding hydrogens is 428 g/mol. The van der Waals surface area contributed by atoms with Gasteiger partial charge in [-0.25, -0.2) is 9.48 Å². The van der Waals surface area contributed by atoms with Crippen LogP contribution in [-0.4, -0.2) is 34.0 Å². The van der Waals surface area contributed by atoms with Gasteiger partial charge in [-0.2, -0.15) is 0 Å². The predicted molar refractivity (Wildman–Crippen MR) is 123 cm³/mol. The molecule has 0 radical (unpaired) electrons. The van der Waals surface area contributed by atoms with E-state index in [0.717, 1.165) is 29.5 Å². The van der Waals surface area contributed by atoms with Gasteiger partial charge in [0.05, 0.1) is 18.1 Å². The van der Waals surface area contributed by atoms with Gasteiger partial charge in [0.15, 0.2) is 4.83 Å². The van der Waals surface area contributed by atoms with Crippen LogP contribution in [0, 0.1) is 11.3 Å². The van der Waals surface area contributed by atoms with Crippen molar-refractivity contribution in [3.05, 3.63) is 50.6 Å². The average molecular weight is 455 g/mol. The molecule has 1 aromatic carbocycles. The Balaban J connectivity index is 1.53. The van der Waals surface area contributed by atoms with Crippen LogP contribution in [0.3, 0.4) is 0 Å². The van der Waals surface area contributed by atoms with Crippen LogP contribution in [0.15, 0.2) is 29.1 Å². The number of esters is 1. The normalized spacial score (nSPS) is 15.9. The largest absolute Gasteiger partial charge is 0.465 e. The van der Waals surface area contributed by atoms with E-state index >= 15 is 0 Å². The number of hydrogen-bond donors (Lipinski definition) is 1. The maximum absolute atomic E-state index is 13.1. The number of benzene rings is 1. The number of hydrogen-bond acceptors (Lipinski definition) is 7. The van der Waals surface area contributed by atoms with E-state index in [9.17, 15) is 14.4 Å². The molecule has 32 heavy (non-hydrogen) atoms. The van der Waals surface area contributed by atoms with Gasteiger partial charge in [0.2, 0.25) is 5.91 Å². The lowest BCUT2D eigenvalue weighted by Gasteiger charge is -2.33. The van der Waals surface area contributed by atoms with Crippen molar-refractivity contribution in [1.29, 1.82) is 0 Å². The van der Waals surface area contributed by atoms with Crippen molar-refractivity contribution >= 4 is 39.1 Å². The first kappa shape index (κ1) is 22.1. The van der Waals surface area contributed by atoms with E-state index in [-0.39, 0.29) is 17.5 Å². The van der Waals surface area contributed by atoms with Crippen LogP contribution in [0.2, 0.25) is 0 Å². The Kier molecular flexibility index (Phi) is 5.85. The monoisotopic (exact) mass is 454 g/mol. The van der Waals surface area contributed by atoms with E-state index in [2.05, 4.69) is 41.1 Å². The lowest BCUT2D eigenvalue weighted by Crippen LogP contribution is -2.31. The fourth-order valence-electron chi connectivity index (χ4n) is 4.11. The minimum atomic E-state index is -0.453. The van der Waals surface area contributed by atoms with Crippen LogP contribution in [0.4, 0.5) is 5.69 Å². The number of thiophene rings is 1. The van der Waals surface area contributed by atoms with Gasteiger partial charge in [-0.15, -0.1) is 16.4 Å². The summed E-state index contributed by atoms with van der Waals surface area (Å²) >= 11 is 1.54. The quantitative estimate of drug-likeness (QED) is 0.606. The maximum Gasteiger partial charge on any atom is 0.337 e. The van der Waals surface area contributed by atoms with Gasteiger partial charge in [-0.05, 0) is 60.4 Å². The second kappa shape index (κ2) is 8.46. The second-order valence-electron chi connectivity index (χ2n) is 9.16. The zero-order chi connectivity index (χ0) is 23.0. The van der Waals surface area contributed by atoms with Crippen molar-refractivity contribution in [2.75, 3.05) is 12.4 Å². The lowest BCUT2D eigenvalue weighted by atomic mass is 9.72. The molecule has 0 spiro atoms. The SMILES string of the molecule is COC(=O)c1ccc(NC(=O)Cn2nnc3sc4c(c3c2=O)CCC(C(C)(C)C)C4)cc1. The Bertz CT molecular complexity index is 1240. The molecule has 1 amide bonds. The van der Waals surface area contributed by atoms with Crippen LogP contribution >= 0.6 is 11.3 Å². The third-order valence-corrected chi connectivity index (χ3v) is 7.18. The summed E-state index contributed by atoms with van der Waals surface area (Å²) in [6.45, 7) is 6.52. The van der Waals surface area contributed by atoms with Crippen molar-refractivity contribution in [3.63, 3.8) is 0 Å². The summed E-state index contributed by atoms with van der Waals surface area (Å²) in [5.74, 6) is -0.288. The number of amides is 1. The molecule has 9 heteroatoms. The number of methoxy groups -OCH3 is 1. The number of aromatic nitrogens is 3. The highest BCUT2D eigenvalue weighted by molar-refractivity contribution is 7.18. The molecule has 0 bridgehead atoms. The molecule has 0 saturated carbocycles. The topological polar surface area (TPSA) is 103 Å². The van der Waals surface area contributed by atoms with Crippen molar-refractivity contribution in [1.82, 2.24) is 15.0 Å². The molecule has 0 aliphatic heterocycles. The van der Waals surface area contributed by atoms with Gasteiger partial charge in [-0.3, -0.25) is 9.59 Å². The second-order valence-corrected chi connectivity index (χ2v) is 10.2. The standard InChI is InChI=1S/C23H26N4O4S/c1-23(2,3)14-7-10-16-17(11-14)32-20-19(16)21(29)27(26-25-20)12-18(28)24-15-8-5-13(6-9-15)22(30)31-4/h5-6,8-9,14H,7,10-12H2,1-4H3,(H,24,28). The minimum Gasteiger partial charge on any atom is -0.465 e. The van der Waals surface area contributed by atoms with Gasteiger partial charge in [0, 0.05) is 10.6 Å². The van der Waals surface area contributed by atoms with Crippen molar-refractivity contribution < 1.29 is 14.3 Å². The zero-order valence-electron chi connectivity index (χ0n) is 18.6. The number of carbonyl (C=O) groups excluding carboxylic acids is 2. The molecule has 2 heterocycles. The van der Waals surface area contributed by atoms with E-state index in [0.29, 0.717) is 27.4 Å². The molecule has 1 aliphatic rings. The highest BCUT2D eigenvalue weighted by Crippen LogP contribution is 2.41. The van der Waals surface area contributed by atoms with Crippen LogP contribution in [0.25, 0.3) is 10.2 Å². The summed E-state index contributed by atoms with van der Waals surface area (Å²) in [6, 6.07) is 6.31. The third-order valence-electron chi connectivity index (χ3n) is 6.05. The number of ether oxygens (including phenoxy) is 1. The van der Waals surface area contributed by atoms with Crippen molar-refractivity contribution in [3.8, 4) is 0 Å². The first-order valence-electron chi connectivity index (χ1n) is 10.5. The van der Waals surface area contributed by atoms with E-state index < -0.39 is 11.9 Å². The fourth-order valence-corrected chi connectivity index (χ4v) is 5.35. The van der Waals surface area contributed by atoms with Crippen LogP contribution in [-0.2, 0) is 28.9 Å². The smallest absolute Gasteiger partial charge is 0.337 e. The first-order valence-corrected chi connectivity index (χ1v) is 11.4. The summed E-state index contributed by atoms with van der Waals surface area (Å²) < 4.78 is 5.78. The van der Waals surface area contributed by atoms with E-state index in [1.54, 1.807) is 35.6 Å². The number of rotatable bonds is 4. The molecule has 1 N–H and O–H groups in total. The predicted octanol–water partition coefficient (Wildman–Crippen LogP) is 3.43. The summed E-state index contributed by atoms with van der Waals surface area (Å²) in [6.07, 6.45) is 2.82. The van der Waals surface area contributed by atoms with Gasteiger partial charge in [-0.1, -0.05) is 26.0 Å². The van der Waals surface area contributed by atoms with Crippen LogP contribution in [0.5, 0.6) is 0 Å². The van der Waals surface area contributed by atoms with E-state index in [1.165, 1.54) is 12.0 Å². The zero-order valence-corrected chi connectivity index (χ0v) is 19.4. The Morgan fingerprint density at radius 1 is 1.25 bits per heavy atom. The van der Waals surface area contributed by atoms with Crippen molar-refractivity contribution in [2.24, 2.45) is 11.3 Å². The molecular formula is C23H26N4O4S. The summed E-state index contributed by atoms with van der Waals surface area (Å²) in [7, 11) is 1.31. The van der Waals surface area contributed by atoms with Crippen molar-refractivity contribution in [2.45, 2.75) is 46.6 Å². The third kappa shape index (κ3) is 4.29. The van der Waals surface area contributed by atoms with Gasteiger partial charge in [0.1, 0.15) is 6.54 Å². The first-order chi connectivity index (χ1) is 15.2. The van der Waals surface area contributed by atoms with Gasteiger partial charge < -0.3 is 10.1 Å². The van der Waals surface area contributed by atoms with Crippen LogP contribution in [0.1, 0.15) is 48.0 Å². The summed E-state index contributed by atoms with van der Waals surface area (Å²) in [5.41, 5.74) is 1.89.